The molecule has 9 aromatic carbocycles. The maximum Gasteiger partial charge on any atom is 0.0964 e. The van der Waals surface area contributed by atoms with Gasteiger partial charge in [0.25, 0.3) is 0 Å². The maximum atomic E-state index is 4.90. The lowest BCUT2D eigenvalue weighted by Gasteiger charge is -2.26. The molecule has 5 nitrogen and oxygen atoms in total. The molecule has 0 bridgehead atoms. The van der Waals surface area contributed by atoms with Crippen LogP contribution in [-0.4, -0.2) is 14.5 Å². The van der Waals surface area contributed by atoms with E-state index in [2.05, 4.69) is 250 Å². The van der Waals surface area contributed by atoms with Crippen LogP contribution in [0.3, 0.4) is 0 Å². The smallest absolute Gasteiger partial charge is 0.0964 e. The van der Waals surface area contributed by atoms with Gasteiger partial charge in [-0.05, 0) is 132 Å². The van der Waals surface area contributed by atoms with E-state index in [1.807, 2.05) is 18.5 Å². The van der Waals surface area contributed by atoms with Crippen molar-refractivity contribution in [2.75, 3.05) is 9.80 Å². The Morgan fingerprint density at radius 3 is 1.34 bits per heavy atom. The van der Waals surface area contributed by atoms with E-state index in [1.54, 1.807) is 0 Å². The quantitative estimate of drug-likeness (QED) is 0.136. The second-order valence-electron chi connectivity index (χ2n) is 16.3. The van der Waals surface area contributed by atoms with Crippen molar-refractivity contribution in [1.29, 1.82) is 0 Å². The van der Waals surface area contributed by atoms with Crippen LogP contribution in [0.4, 0.5) is 34.1 Å². The minimum absolute atomic E-state index is 0.922. The molecule has 12 aromatic rings. The van der Waals surface area contributed by atoms with E-state index in [0.29, 0.717) is 0 Å². The fraction of sp³-hybridized carbons (Fsp3) is 0. The second-order valence-corrected chi connectivity index (χ2v) is 16.3. The van der Waals surface area contributed by atoms with Gasteiger partial charge in [-0.25, -0.2) is 0 Å². The molecule has 0 unspecified atom stereocenters. The highest BCUT2D eigenvalue weighted by molar-refractivity contribution is 6.12. The van der Waals surface area contributed by atoms with E-state index < -0.39 is 0 Å². The molecule has 306 valence electrons. The molecule has 5 heteroatoms. The summed E-state index contributed by atoms with van der Waals surface area (Å²) in [5.74, 6) is 0. The zero-order valence-corrected chi connectivity index (χ0v) is 35.4. The van der Waals surface area contributed by atoms with E-state index >= 15 is 0 Å². The van der Waals surface area contributed by atoms with Crippen molar-refractivity contribution >= 4 is 77.7 Å². The Labute approximate surface area is 377 Å². The van der Waals surface area contributed by atoms with Crippen molar-refractivity contribution < 1.29 is 0 Å². The summed E-state index contributed by atoms with van der Waals surface area (Å²) >= 11 is 0. The van der Waals surface area contributed by atoms with Crippen LogP contribution in [0.1, 0.15) is 0 Å². The Kier molecular flexibility index (Phi) is 9.42. The summed E-state index contributed by atoms with van der Waals surface area (Å²) in [5, 5.41) is 4.51. The standard InChI is InChI=1S/C60H41N5/c1-5-18-48(19-6-1)63(49-20-7-2-8-21-49)53-32-34-57-55(39-53)56-40-54(64(50-22-9-3-10-23-50)51-24-11-4-12-25-51)33-35-58(56)65(57)52-30-28-42(29-31-52)44-15-13-16-45(37-44)47-38-46-27-26-43-17-14-36-61-59(43)60(46)62-41-47/h1-41H. The first-order chi connectivity index (χ1) is 32.2. The summed E-state index contributed by atoms with van der Waals surface area (Å²) in [6.45, 7) is 0. The van der Waals surface area contributed by atoms with Gasteiger partial charge >= 0.3 is 0 Å². The Balaban J connectivity index is 0.983. The molecule has 65 heavy (non-hydrogen) atoms. The molecule has 0 aliphatic heterocycles. The highest BCUT2D eigenvalue weighted by Gasteiger charge is 2.20. The molecular formula is C60H41N5. The van der Waals surface area contributed by atoms with Gasteiger partial charge in [0.05, 0.1) is 22.1 Å². The first kappa shape index (κ1) is 37.9. The molecule has 0 spiro atoms. The molecule has 0 atom stereocenters. The van der Waals surface area contributed by atoms with Crippen LogP contribution < -0.4 is 9.80 Å². The average molecular weight is 832 g/mol. The lowest BCUT2D eigenvalue weighted by atomic mass is 9.98. The number of fused-ring (bicyclic) bond motifs is 6. The summed E-state index contributed by atoms with van der Waals surface area (Å²) in [5.41, 5.74) is 16.3. The minimum Gasteiger partial charge on any atom is -0.310 e. The van der Waals surface area contributed by atoms with Crippen LogP contribution in [0.5, 0.6) is 0 Å². The number of benzene rings is 9. The molecule has 12 rings (SSSR count). The molecule has 0 fully saturated rings. The van der Waals surface area contributed by atoms with Crippen LogP contribution in [-0.2, 0) is 0 Å². The van der Waals surface area contributed by atoms with Gasteiger partial charge in [-0.2, -0.15) is 0 Å². The number of anilines is 6. The number of aromatic nitrogens is 3. The van der Waals surface area contributed by atoms with Crippen molar-refractivity contribution in [3.8, 4) is 27.9 Å². The fourth-order valence-corrected chi connectivity index (χ4v) is 9.33. The summed E-state index contributed by atoms with van der Waals surface area (Å²) in [6, 6.07) is 84.5. The van der Waals surface area contributed by atoms with Gasteiger partial charge in [-0.1, -0.05) is 121 Å². The fourth-order valence-electron chi connectivity index (χ4n) is 9.33. The third-order valence-corrected chi connectivity index (χ3v) is 12.4. The average Bonchev–Trinajstić information content (AvgIpc) is 3.70. The van der Waals surface area contributed by atoms with Gasteiger partial charge in [0.2, 0.25) is 0 Å². The topological polar surface area (TPSA) is 37.2 Å². The summed E-state index contributed by atoms with van der Waals surface area (Å²) < 4.78 is 2.41. The van der Waals surface area contributed by atoms with E-state index in [-0.39, 0.29) is 0 Å². The number of nitrogens with zero attached hydrogens (tertiary/aromatic N) is 5. The SMILES string of the molecule is c1ccc(N(c2ccccc2)c2ccc3c(c2)c2cc(N(c4ccccc4)c4ccccc4)ccc2n3-c2ccc(-c3cccc(-c4cnc5c(ccc6cccnc65)c4)c3)cc2)cc1. The number of pyridine rings is 2. The van der Waals surface area contributed by atoms with Gasteiger partial charge in [0.1, 0.15) is 0 Å². The highest BCUT2D eigenvalue weighted by Crippen LogP contribution is 2.43. The number of rotatable bonds is 9. The van der Waals surface area contributed by atoms with E-state index in [1.165, 1.54) is 10.8 Å². The number of hydrogen-bond donors (Lipinski definition) is 0. The largest absolute Gasteiger partial charge is 0.310 e. The Morgan fingerprint density at radius 1 is 0.308 bits per heavy atom. The second kappa shape index (κ2) is 16.2. The Hall–Kier alpha value is -8.80. The van der Waals surface area contributed by atoms with Gasteiger partial charge < -0.3 is 14.4 Å². The molecule has 0 saturated carbocycles. The van der Waals surface area contributed by atoms with Crippen LogP contribution in [0, 0.1) is 0 Å². The lowest BCUT2D eigenvalue weighted by molar-refractivity contribution is 1.18. The zero-order chi connectivity index (χ0) is 43.1. The number of hydrogen-bond acceptors (Lipinski definition) is 4. The Bertz CT molecular complexity index is 3430. The van der Waals surface area contributed by atoms with Crippen molar-refractivity contribution in [2.24, 2.45) is 0 Å². The molecular weight excluding hydrogens is 791 g/mol. The molecule has 0 amide bonds. The van der Waals surface area contributed by atoms with Gasteiger partial charge in [-0.15, -0.1) is 0 Å². The first-order valence-electron chi connectivity index (χ1n) is 22.0. The van der Waals surface area contributed by atoms with Crippen molar-refractivity contribution in [1.82, 2.24) is 14.5 Å². The van der Waals surface area contributed by atoms with Crippen LogP contribution in [0.2, 0.25) is 0 Å². The molecule has 0 N–H and O–H groups in total. The van der Waals surface area contributed by atoms with Crippen LogP contribution >= 0.6 is 0 Å². The third kappa shape index (κ3) is 6.93. The zero-order valence-electron chi connectivity index (χ0n) is 35.4. The molecule has 0 aliphatic rings. The number of para-hydroxylation sites is 4. The summed E-state index contributed by atoms with van der Waals surface area (Å²) in [4.78, 5) is 14.2. The Morgan fingerprint density at radius 2 is 0.800 bits per heavy atom. The third-order valence-electron chi connectivity index (χ3n) is 12.4. The van der Waals surface area contributed by atoms with Crippen molar-refractivity contribution in [3.05, 3.63) is 249 Å². The van der Waals surface area contributed by atoms with Gasteiger partial charge in [0, 0.05) is 79.3 Å². The summed E-state index contributed by atoms with van der Waals surface area (Å²) in [6.07, 6.45) is 3.80. The molecule has 3 heterocycles. The maximum absolute atomic E-state index is 4.90. The molecule has 3 aromatic heterocycles. The summed E-state index contributed by atoms with van der Waals surface area (Å²) in [7, 11) is 0. The van der Waals surface area contributed by atoms with Gasteiger partial charge in [0.15, 0.2) is 0 Å². The van der Waals surface area contributed by atoms with E-state index in [9.17, 15) is 0 Å². The monoisotopic (exact) mass is 831 g/mol. The van der Waals surface area contributed by atoms with Crippen LogP contribution in [0.25, 0.3) is 71.6 Å². The lowest BCUT2D eigenvalue weighted by Crippen LogP contribution is -2.09. The van der Waals surface area contributed by atoms with Gasteiger partial charge in [-0.3, -0.25) is 9.97 Å². The predicted octanol–water partition coefficient (Wildman–Crippen LogP) is 16.2. The molecule has 0 radical (unpaired) electrons. The van der Waals surface area contributed by atoms with Crippen LogP contribution in [0.15, 0.2) is 249 Å². The predicted molar refractivity (Wildman–Crippen MR) is 272 cm³/mol. The highest BCUT2D eigenvalue weighted by atomic mass is 15.1. The van der Waals surface area contributed by atoms with Crippen molar-refractivity contribution in [2.45, 2.75) is 0 Å². The normalized spacial score (nSPS) is 11.4. The van der Waals surface area contributed by atoms with Crippen molar-refractivity contribution in [3.63, 3.8) is 0 Å². The molecule has 0 aliphatic carbocycles. The van der Waals surface area contributed by atoms with E-state index in [0.717, 1.165) is 94.9 Å². The van der Waals surface area contributed by atoms with E-state index in [4.69, 9.17) is 4.98 Å². The first-order valence-corrected chi connectivity index (χ1v) is 22.0. The molecule has 0 saturated heterocycles. The minimum atomic E-state index is 0.922.